The van der Waals surface area contributed by atoms with Gasteiger partial charge in [-0.1, -0.05) is 61.9 Å². The molecule has 0 unspecified atom stereocenters. The van der Waals surface area contributed by atoms with Crippen molar-refractivity contribution in [3.05, 3.63) is 71.4 Å². The Balaban J connectivity index is 1.34. The largest absolute Gasteiger partial charge is 0.481 e. The summed E-state index contributed by atoms with van der Waals surface area (Å²) in [6.07, 6.45) is 0.731. The maximum Gasteiger partial charge on any atom is 0.303 e. The van der Waals surface area contributed by atoms with E-state index in [0.29, 0.717) is 19.5 Å². The van der Waals surface area contributed by atoms with E-state index in [1.54, 1.807) is 6.92 Å². The molecule has 0 saturated carbocycles. The minimum Gasteiger partial charge on any atom is -0.481 e. The van der Waals surface area contributed by atoms with Crippen LogP contribution < -0.4 is 16.1 Å². The molecule has 1 aromatic heterocycles. The van der Waals surface area contributed by atoms with Crippen molar-refractivity contribution in [1.82, 2.24) is 25.6 Å². The minimum absolute atomic E-state index is 0.00605. The molecule has 318 valence electrons. The molecule has 0 bridgehead atoms. The van der Waals surface area contributed by atoms with Crippen molar-refractivity contribution in [3.63, 3.8) is 0 Å². The predicted molar refractivity (Wildman–Crippen MR) is 222 cm³/mol. The number of nitrogens with one attached hydrogen (secondary N) is 3. The summed E-state index contributed by atoms with van der Waals surface area (Å²) in [7, 11) is 3.76. The number of hydrazine groups is 1. The summed E-state index contributed by atoms with van der Waals surface area (Å²) >= 11 is 0. The van der Waals surface area contributed by atoms with Gasteiger partial charge in [0.05, 0.1) is 38.4 Å². The number of rotatable bonds is 29. The highest BCUT2D eigenvalue weighted by Gasteiger charge is 2.28. The molecule has 0 fully saturated rings. The number of ether oxygens (including phenoxy) is 2. The number of carbonyl (C=O) groups excluding carboxylic acids is 5. The number of para-hydroxylation sites is 1. The van der Waals surface area contributed by atoms with Crippen molar-refractivity contribution in [1.29, 1.82) is 0 Å². The maximum absolute atomic E-state index is 13.1. The van der Waals surface area contributed by atoms with Crippen molar-refractivity contribution in [2.24, 2.45) is 11.8 Å². The van der Waals surface area contributed by atoms with Gasteiger partial charge in [0.15, 0.2) is 11.6 Å². The average Bonchev–Trinajstić information content (AvgIpc) is 3.53. The molecule has 0 aliphatic rings. The normalized spacial score (nSPS) is 13.0. The van der Waals surface area contributed by atoms with E-state index < -0.39 is 24.0 Å². The first-order valence-corrected chi connectivity index (χ1v) is 20.2. The number of ketones is 3. The third-order valence-corrected chi connectivity index (χ3v) is 10.1. The van der Waals surface area contributed by atoms with Crippen LogP contribution in [0, 0.1) is 18.8 Å². The molecular weight excluding hydrogens is 743 g/mol. The second-order valence-electron chi connectivity index (χ2n) is 15.2. The number of aliphatic carboxylic acids is 1. The Morgan fingerprint density at radius 2 is 1.52 bits per heavy atom. The molecule has 3 atom stereocenters. The van der Waals surface area contributed by atoms with E-state index in [1.807, 2.05) is 88.4 Å². The molecule has 0 aliphatic carbocycles. The second-order valence-corrected chi connectivity index (χ2v) is 15.2. The molecule has 14 heteroatoms. The molecule has 4 N–H and O–H groups in total. The number of hydrogen-bond donors (Lipinski definition) is 4. The van der Waals surface area contributed by atoms with Gasteiger partial charge >= 0.3 is 5.97 Å². The van der Waals surface area contributed by atoms with Crippen LogP contribution in [0.2, 0.25) is 0 Å². The highest BCUT2D eigenvalue weighted by molar-refractivity contribution is 5.93. The summed E-state index contributed by atoms with van der Waals surface area (Å²) in [4.78, 5) is 76.0. The lowest BCUT2D eigenvalue weighted by atomic mass is 9.88. The molecule has 0 aliphatic heterocycles. The Hall–Kier alpha value is -4.76. The highest BCUT2D eigenvalue weighted by Crippen LogP contribution is 2.22. The van der Waals surface area contributed by atoms with Crippen molar-refractivity contribution in [2.45, 2.75) is 104 Å². The molecule has 2 aromatic carbocycles. The minimum atomic E-state index is -1.05. The number of nitrogens with zero attached hydrogens (tertiary/aromatic N) is 2. The van der Waals surface area contributed by atoms with E-state index in [2.05, 4.69) is 26.7 Å². The van der Waals surface area contributed by atoms with Gasteiger partial charge in [-0.3, -0.25) is 34.2 Å². The van der Waals surface area contributed by atoms with Crippen molar-refractivity contribution < 1.29 is 43.3 Å². The van der Waals surface area contributed by atoms with Crippen LogP contribution >= 0.6 is 0 Å². The Morgan fingerprint density at radius 1 is 0.828 bits per heavy atom. The molecular formula is C44H63N5O9. The Morgan fingerprint density at radius 3 is 2.19 bits per heavy atom. The van der Waals surface area contributed by atoms with Crippen LogP contribution in [-0.2, 0) is 57.8 Å². The van der Waals surface area contributed by atoms with E-state index in [9.17, 15) is 33.9 Å². The third kappa shape index (κ3) is 16.6. The molecule has 0 radical (unpaired) electrons. The van der Waals surface area contributed by atoms with E-state index in [0.717, 1.165) is 27.7 Å². The van der Waals surface area contributed by atoms with Crippen LogP contribution in [0.1, 0.15) is 82.5 Å². The predicted octanol–water partition coefficient (Wildman–Crippen LogP) is 4.58. The van der Waals surface area contributed by atoms with Crippen LogP contribution in [0.25, 0.3) is 10.9 Å². The summed E-state index contributed by atoms with van der Waals surface area (Å²) in [6.45, 7) is 9.29. The molecule has 58 heavy (non-hydrogen) atoms. The number of Topliss-reactive ketones (excluding diaryl/α,β-unsaturated/α-hetero) is 3. The average molecular weight is 806 g/mol. The first-order chi connectivity index (χ1) is 27.7. The van der Waals surface area contributed by atoms with Gasteiger partial charge in [-0.25, -0.2) is 5.01 Å². The van der Waals surface area contributed by atoms with Gasteiger partial charge in [0.2, 0.25) is 11.8 Å². The Bertz CT molecular complexity index is 1810. The fourth-order valence-electron chi connectivity index (χ4n) is 6.52. The number of carboxylic acid groups (broad SMARTS) is 1. The Labute approximate surface area is 342 Å². The Kier molecular flexibility index (Phi) is 20.4. The first-order valence-electron chi connectivity index (χ1n) is 20.2. The summed E-state index contributed by atoms with van der Waals surface area (Å²) in [5.41, 5.74) is 7.09. The number of carbonyl (C=O) groups is 6. The molecule has 3 rings (SSSR count). The van der Waals surface area contributed by atoms with Crippen LogP contribution in [0.5, 0.6) is 0 Å². The van der Waals surface area contributed by atoms with Crippen molar-refractivity contribution in [3.8, 4) is 0 Å². The molecule has 2 amide bonds. The van der Waals surface area contributed by atoms with Crippen LogP contribution in [0.4, 0.5) is 0 Å². The van der Waals surface area contributed by atoms with Gasteiger partial charge in [0.1, 0.15) is 5.78 Å². The molecule has 1 heterocycles. The molecule has 3 aromatic rings. The zero-order valence-electron chi connectivity index (χ0n) is 35.0. The zero-order valence-corrected chi connectivity index (χ0v) is 35.0. The van der Waals surface area contributed by atoms with Gasteiger partial charge in [0, 0.05) is 75.9 Å². The highest BCUT2D eigenvalue weighted by atomic mass is 16.5. The summed E-state index contributed by atoms with van der Waals surface area (Å²) < 4.78 is 13.3. The smallest absolute Gasteiger partial charge is 0.303 e. The SMILES string of the molecule is CNN(C)Cc1cc2ccccc2n1CCC(=O)N[C@@H](CCC(=O)O)C(=O)CCCOCCOCCC(=O)C[C@H](C(=O)N[C@@H](C)C(=O)Cc1ccc(C)cc1)C(C)C. The zero-order chi connectivity index (χ0) is 42.6. The number of aromatic nitrogens is 1. The second kappa shape index (κ2) is 24.9. The van der Waals surface area contributed by atoms with Crippen molar-refractivity contribution in [2.75, 3.05) is 40.5 Å². The number of fused-ring (bicyclic) bond motifs is 1. The van der Waals surface area contributed by atoms with Gasteiger partial charge in [0.25, 0.3) is 0 Å². The monoisotopic (exact) mass is 805 g/mol. The standard InChI is InChI=1S/C44H63N5O9/c1-30(2)37(44(56)46-32(4)41(52)26-33-15-13-31(3)14-16-33)28-36(50)20-23-58-25-24-57-22-9-12-40(51)38(17-18-43(54)55)47-42(53)19-21-49-35(29-48(6)45-5)27-34-10-7-8-11-39(34)49/h7-8,10-11,13-16,27,30,32,37-38,45H,9,12,17-26,28-29H2,1-6H3,(H,46,56)(H,47,53)(H,54,55)/t32-,37-,38-/m0/s1. The van der Waals surface area contributed by atoms with E-state index in [-0.39, 0.29) is 106 Å². The number of hydrogen-bond acceptors (Lipinski definition) is 10. The lowest BCUT2D eigenvalue weighted by Crippen LogP contribution is -2.44. The molecule has 0 spiro atoms. The van der Waals surface area contributed by atoms with Crippen molar-refractivity contribution >= 4 is 46.0 Å². The lowest BCUT2D eigenvalue weighted by molar-refractivity contribution is -0.138. The van der Waals surface area contributed by atoms with Crippen LogP contribution in [-0.4, -0.2) is 102 Å². The number of benzene rings is 2. The van der Waals surface area contributed by atoms with Gasteiger partial charge in [-0.05, 0) is 62.7 Å². The quantitative estimate of drug-likeness (QED) is 0.0569. The summed E-state index contributed by atoms with van der Waals surface area (Å²) in [5, 5.41) is 17.8. The third-order valence-electron chi connectivity index (χ3n) is 10.1. The van der Waals surface area contributed by atoms with Gasteiger partial charge in [-0.15, -0.1) is 0 Å². The topological polar surface area (TPSA) is 185 Å². The van der Waals surface area contributed by atoms with E-state index in [4.69, 9.17) is 9.47 Å². The van der Waals surface area contributed by atoms with Crippen LogP contribution in [0.15, 0.2) is 54.6 Å². The summed E-state index contributed by atoms with van der Waals surface area (Å²) in [6, 6.07) is 16.1. The number of aryl methyl sites for hydroxylation is 2. The van der Waals surface area contributed by atoms with Crippen LogP contribution in [0.3, 0.4) is 0 Å². The first kappa shape index (κ1) is 47.6. The van der Waals surface area contributed by atoms with Gasteiger partial charge in [-0.2, -0.15) is 0 Å². The van der Waals surface area contributed by atoms with E-state index >= 15 is 0 Å². The number of carboxylic acids is 1. The summed E-state index contributed by atoms with van der Waals surface area (Å²) in [5.74, 6) is -2.85. The maximum atomic E-state index is 13.1. The van der Waals surface area contributed by atoms with E-state index in [1.165, 1.54) is 0 Å². The molecule has 0 saturated heterocycles. The number of amides is 2. The fraction of sp³-hybridized carbons (Fsp3) is 0.545. The lowest BCUT2D eigenvalue weighted by Gasteiger charge is -2.22. The fourth-order valence-corrected chi connectivity index (χ4v) is 6.52. The van der Waals surface area contributed by atoms with Gasteiger partial charge < -0.3 is 29.8 Å². The molecule has 14 nitrogen and oxygen atoms in total.